The molecule has 0 radical (unpaired) electrons. The van der Waals surface area contributed by atoms with Gasteiger partial charge in [-0.2, -0.15) is 10.2 Å². The number of piperidine rings is 1. The summed E-state index contributed by atoms with van der Waals surface area (Å²) in [5.41, 5.74) is 5.44. The van der Waals surface area contributed by atoms with Crippen LogP contribution in [0.25, 0.3) is 16.6 Å². The van der Waals surface area contributed by atoms with E-state index in [1.165, 1.54) is 15.8 Å². The molecular weight excluding hydrogens is 462 g/mol. The van der Waals surface area contributed by atoms with Crippen molar-refractivity contribution in [3.8, 4) is 5.69 Å². The molecule has 192 valence electrons. The first kappa shape index (κ1) is 24.9. The van der Waals surface area contributed by atoms with E-state index in [2.05, 4.69) is 41.4 Å². The number of fused-ring (bicyclic) bond motifs is 1. The van der Waals surface area contributed by atoms with Gasteiger partial charge in [0.25, 0.3) is 5.56 Å². The maximum absolute atomic E-state index is 13.7. The molecule has 1 fully saturated rings. The van der Waals surface area contributed by atoms with Crippen molar-refractivity contribution >= 4 is 16.8 Å². The Morgan fingerprint density at radius 2 is 1.76 bits per heavy atom. The molecule has 1 amide bonds. The maximum atomic E-state index is 13.7. The highest BCUT2D eigenvalue weighted by molar-refractivity contribution is 5.82. The van der Waals surface area contributed by atoms with Gasteiger partial charge in [0.1, 0.15) is 12.1 Å². The molecule has 0 bridgehead atoms. The fourth-order valence-corrected chi connectivity index (χ4v) is 5.24. The van der Waals surface area contributed by atoms with E-state index in [4.69, 9.17) is 0 Å². The molecule has 0 unspecified atom stereocenters. The predicted molar refractivity (Wildman–Crippen MR) is 146 cm³/mol. The Morgan fingerprint density at radius 1 is 1.03 bits per heavy atom. The van der Waals surface area contributed by atoms with Gasteiger partial charge in [-0.05, 0) is 73.8 Å². The molecule has 0 atom stereocenters. The highest BCUT2D eigenvalue weighted by atomic mass is 16.2. The average Bonchev–Trinajstić information content (AvgIpc) is 3.34. The van der Waals surface area contributed by atoms with Gasteiger partial charge in [0.2, 0.25) is 5.91 Å². The molecule has 3 heterocycles. The van der Waals surface area contributed by atoms with Crippen LogP contribution in [-0.4, -0.2) is 43.5 Å². The number of rotatable bonds is 6. The SMILES string of the molecule is Cc1ccc(-n2ncc3c(C(C)C)nn(CC(=O)N4CCC(Cc5ccccc5)CC4)c(=O)c32)cc1C. The molecule has 0 N–H and O–H groups in total. The van der Waals surface area contributed by atoms with E-state index in [1.54, 1.807) is 10.9 Å². The van der Waals surface area contributed by atoms with Gasteiger partial charge in [-0.25, -0.2) is 9.36 Å². The summed E-state index contributed by atoms with van der Waals surface area (Å²) in [7, 11) is 0. The van der Waals surface area contributed by atoms with Crippen molar-refractivity contribution in [1.29, 1.82) is 0 Å². The lowest BCUT2D eigenvalue weighted by Crippen LogP contribution is -2.42. The van der Waals surface area contributed by atoms with E-state index in [1.807, 2.05) is 49.9 Å². The van der Waals surface area contributed by atoms with Crippen LogP contribution >= 0.6 is 0 Å². The molecule has 1 aliphatic rings. The van der Waals surface area contributed by atoms with Gasteiger partial charge in [-0.1, -0.05) is 50.2 Å². The summed E-state index contributed by atoms with van der Waals surface area (Å²) in [6, 6.07) is 16.6. The number of hydrogen-bond acceptors (Lipinski definition) is 4. The van der Waals surface area contributed by atoms with Crippen molar-refractivity contribution in [3.05, 3.63) is 87.5 Å². The number of hydrogen-bond donors (Lipinski definition) is 0. The van der Waals surface area contributed by atoms with E-state index in [-0.39, 0.29) is 23.9 Å². The van der Waals surface area contributed by atoms with Crippen LogP contribution in [0.3, 0.4) is 0 Å². The number of benzene rings is 2. The smallest absolute Gasteiger partial charge is 0.293 e. The molecule has 4 aromatic rings. The van der Waals surface area contributed by atoms with Crippen molar-refractivity contribution in [2.75, 3.05) is 13.1 Å². The molecule has 1 aliphatic heterocycles. The Labute approximate surface area is 217 Å². The van der Waals surface area contributed by atoms with Gasteiger partial charge in [-0.3, -0.25) is 9.59 Å². The Balaban J connectivity index is 1.39. The third-order valence-corrected chi connectivity index (χ3v) is 7.61. The molecule has 7 nitrogen and oxygen atoms in total. The predicted octanol–water partition coefficient (Wildman–Crippen LogP) is 4.80. The van der Waals surface area contributed by atoms with Crippen LogP contribution in [0.2, 0.25) is 0 Å². The molecule has 2 aromatic carbocycles. The van der Waals surface area contributed by atoms with Crippen LogP contribution in [0.4, 0.5) is 0 Å². The Hall–Kier alpha value is -3.74. The third-order valence-electron chi connectivity index (χ3n) is 7.61. The minimum atomic E-state index is -0.289. The molecule has 1 saturated heterocycles. The zero-order chi connectivity index (χ0) is 26.1. The lowest BCUT2D eigenvalue weighted by Gasteiger charge is -2.32. The Bertz CT molecular complexity index is 1480. The van der Waals surface area contributed by atoms with Crippen molar-refractivity contribution in [2.45, 2.75) is 59.4 Å². The summed E-state index contributed by atoms with van der Waals surface area (Å²) in [5, 5.41) is 9.95. The standard InChI is InChI=1S/C30H35N5O2/c1-20(2)28-26-18-31-35(25-11-10-21(3)22(4)16-25)29(26)30(37)34(32-28)19-27(36)33-14-12-24(13-15-33)17-23-8-6-5-7-9-23/h5-11,16,18,20,24H,12-15,17,19H2,1-4H3. The van der Waals surface area contributed by atoms with Crippen LogP contribution in [0.1, 0.15) is 55.0 Å². The fourth-order valence-electron chi connectivity index (χ4n) is 5.24. The monoisotopic (exact) mass is 497 g/mol. The zero-order valence-corrected chi connectivity index (χ0v) is 22.1. The van der Waals surface area contributed by atoms with Crippen LogP contribution in [0.15, 0.2) is 59.5 Å². The largest absolute Gasteiger partial charge is 0.341 e. The highest BCUT2D eigenvalue weighted by Crippen LogP contribution is 2.25. The van der Waals surface area contributed by atoms with Crippen molar-refractivity contribution in [3.63, 3.8) is 0 Å². The molecule has 2 aromatic heterocycles. The molecule has 0 spiro atoms. The average molecular weight is 498 g/mol. The first-order valence-corrected chi connectivity index (χ1v) is 13.2. The number of aryl methyl sites for hydroxylation is 2. The van der Waals surface area contributed by atoms with Crippen LogP contribution in [0.5, 0.6) is 0 Å². The van der Waals surface area contributed by atoms with E-state index >= 15 is 0 Å². The zero-order valence-electron chi connectivity index (χ0n) is 22.1. The Morgan fingerprint density at radius 3 is 2.43 bits per heavy atom. The number of amides is 1. The summed E-state index contributed by atoms with van der Waals surface area (Å²) in [6.07, 6.45) is 4.70. The number of carbonyl (C=O) groups excluding carboxylic acids is 1. The maximum Gasteiger partial charge on any atom is 0.293 e. The first-order valence-electron chi connectivity index (χ1n) is 13.2. The van der Waals surface area contributed by atoms with E-state index in [0.717, 1.165) is 41.6 Å². The lowest BCUT2D eigenvalue weighted by molar-refractivity contribution is -0.133. The van der Waals surface area contributed by atoms with Crippen molar-refractivity contribution in [2.24, 2.45) is 5.92 Å². The van der Waals surface area contributed by atoms with Gasteiger partial charge in [0.05, 0.1) is 17.6 Å². The molecule has 0 aliphatic carbocycles. The van der Waals surface area contributed by atoms with Gasteiger partial charge >= 0.3 is 0 Å². The quantitative estimate of drug-likeness (QED) is 0.383. The normalized spacial score (nSPS) is 14.6. The Kier molecular flexibility index (Phi) is 6.96. The number of aromatic nitrogens is 4. The number of nitrogens with zero attached hydrogens (tertiary/aromatic N) is 5. The second kappa shape index (κ2) is 10.3. The molecular formula is C30H35N5O2. The van der Waals surface area contributed by atoms with Crippen LogP contribution in [-0.2, 0) is 17.8 Å². The van der Waals surface area contributed by atoms with E-state index in [0.29, 0.717) is 24.5 Å². The summed E-state index contributed by atoms with van der Waals surface area (Å²) in [6.45, 7) is 9.56. The number of carbonyl (C=O) groups is 1. The lowest BCUT2D eigenvalue weighted by atomic mass is 9.90. The second-order valence-electron chi connectivity index (χ2n) is 10.6. The van der Waals surface area contributed by atoms with Crippen molar-refractivity contribution in [1.82, 2.24) is 24.5 Å². The summed E-state index contributed by atoms with van der Waals surface area (Å²) in [4.78, 5) is 28.8. The van der Waals surface area contributed by atoms with Crippen LogP contribution in [0, 0.1) is 19.8 Å². The molecule has 5 rings (SSSR count). The summed E-state index contributed by atoms with van der Waals surface area (Å²) in [5.74, 6) is 0.596. The minimum Gasteiger partial charge on any atom is -0.341 e. The fraction of sp³-hybridized carbons (Fsp3) is 0.400. The van der Waals surface area contributed by atoms with Gasteiger partial charge in [0.15, 0.2) is 0 Å². The van der Waals surface area contributed by atoms with E-state index in [9.17, 15) is 9.59 Å². The molecule has 37 heavy (non-hydrogen) atoms. The van der Waals surface area contributed by atoms with Crippen molar-refractivity contribution < 1.29 is 4.79 Å². The van der Waals surface area contributed by atoms with Gasteiger partial charge in [-0.15, -0.1) is 0 Å². The third kappa shape index (κ3) is 5.08. The number of likely N-dealkylation sites (tertiary alicyclic amines) is 1. The van der Waals surface area contributed by atoms with E-state index < -0.39 is 0 Å². The summed E-state index contributed by atoms with van der Waals surface area (Å²) < 4.78 is 3.03. The van der Waals surface area contributed by atoms with Gasteiger partial charge < -0.3 is 4.90 Å². The van der Waals surface area contributed by atoms with Gasteiger partial charge in [0, 0.05) is 18.5 Å². The first-order chi connectivity index (χ1) is 17.8. The summed E-state index contributed by atoms with van der Waals surface area (Å²) >= 11 is 0. The van der Waals surface area contributed by atoms with Crippen LogP contribution < -0.4 is 5.56 Å². The molecule has 7 heteroatoms. The topological polar surface area (TPSA) is 73.0 Å². The molecule has 0 saturated carbocycles. The second-order valence-corrected chi connectivity index (χ2v) is 10.6. The highest BCUT2D eigenvalue weighted by Gasteiger charge is 2.25. The minimum absolute atomic E-state index is 0.0564.